The minimum atomic E-state index is -4.84. The lowest BCUT2D eigenvalue weighted by atomic mass is 9.67. The highest BCUT2D eigenvalue weighted by Gasteiger charge is 2.46. The van der Waals surface area contributed by atoms with Crippen molar-refractivity contribution in [3.05, 3.63) is 61.9 Å². The van der Waals surface area contributed by atoms with Crippen molar-refractivity contribution in [2.45, 2.75) is 295 Å². The normalized spacial score (nSPS) is 28.7. The monoisotopic (exact) mass is 1850 g/mol. The third-order valence-corrected chi connectivity index (χ3v) is 29.5. The molecule has 15 rings (SSSR count). The first-order valence-electron chi connectivity index (χ1n) is 47.3. The van der Waals surface area contributed by atoms with E-state index in [9.17, 15) is 77.1 Å². The molecule has 1 saturated carbocycles. The standard InChI is InChI=1S/C21H37NO3.C20H29N3O3S.C19H30N2O4.C18H22F4N2O3.C17H28N4O3S/c1-15-8-17(12-21(2,3)11-15)9-20(24)19-10-18(23)14-22(19)13-16-4-6-25-7-5-16;1-20(2,3)19-17(10-21)27-18(22-19)9-16(25)15-8-14(24)12-23(15)11-13-4-6-26-7-5-13;1-19(2)9-14(7-15(22)10-19)20-18(24)17-8-16(23)12-21(17)11-13-3-5-25-6-4-13;19-15-2-1-12(7-14(15)18(20,21)22)23-17(26)16-8-13(25)10-24(16)9-11-3-5-27-6-4-11;1-17(2,3)15-19-20-16(25-15)18-14(23)13-8-12(22)10-21(13)9-11-4-6-24-7-5-11/h15-19,23H,4-14H2,1-3H3;13-15,24H,4-9,11-12H2,1-3H3;7,13,16-17,23H,3-6,8-12H2,1-2H3,(H,20,24);1-2,7,11,13,16,25H,3-6,8-10H2,(H,23,26);11-13,22H,4-10H2,1-3H3,(H,18,20,23)/t15?,17?,18-,19+;14-,15+;16-,17+;13-,16+;12-,13+/m11111/s1. The third kappa shape index (κ3) is 31.6. The largest absolute Gasteiger partial charge is 0.419 e. The fraction of sp³-hybridized carbons (Fsp3) is 0.789. The Bertz CT molecular complexity index is 4210. The van der Waals surface area contributed by atoms with E-state index in [-0.39, 0.29) is 88.4 Å². The molecule has 3 aromatic rings. The number of nitriles is 1. The number of aromatic nitrogens is 3. The minimum Gasteiger partial charge on any atom is -0.392 e. The number of rotatable bonds is 22. The molecule has 8 N–H and O–H groups in total. The van der Waals surface area contributed by atoms with Gasteiger partial charge in [-0.05, 0) is 192 Å². The number of alkyl halides is 3. The third-order valence-electron chi connectivity index (χ3n) is 27.3. The molecule has 0 radical (unpaired) electrons. The second kappa shape index (κ2) is 47.1. The van der Waals surface area contributed by atoms with Gasteiger partial charge in [0.2, 0.25) is 22.9 Å². The Morgan fingerprint density at radius 2 is 0.907 bits per heavy atom. The summed E-state index contributed by atoms with van der Waals surface area (Å²) in [6, 6.07) is 3.00. The van der Waals surface area contributed by atoms with Crippen LogP contribution in [0.15, 0.2) is 30.0 Å². The number of aliphatic hydroxyl groups excluding tert-OH is 5. The fourth-order valence-electron chi connectivity index (χ4n) is 21.1. The van der Waals surface area contributed by atoms with Crippen molar-refractivity contribution in [3.63, 3.8) is 0 Å². The molecule has 2 aliphatic carbocycles. The van der Waals surface area contributed by atoms with Gasteiger partial charge in [-0.2, -0.15) is 18.4 Å². The number of benzene rings is 1. The number of ether oxygens (including phenoxy) is 5. The Hall–Kier alpha value is -5.82. The predicted molar refractivity (Wildman–Crippen MR) is 483 cm³/mol. The van der Waals surface area contributed by atoms with Gasteiger partial charge in [0.25, 0.3) is 0 Å². The summed E-state index contributed by atoms with van der Waals surface area (Å²) in [5.74, 6) is 2.22. The van der Waals surface area contributed by atoms with Gasteiger partial charge in [0, 0.05) is 173 Å². The summed E-state index contributed by atoms with van der Waals surface area (Å²) in [6.45, 7) is 37.8. The van der Waals surface area contributed by atoms with Gasteiger partial charge in [-0.25, -0.2) is 9.37 Å². The van der Waals surface area contributed by atoms with Crippen LogP contribution in [0.25, 0.3) is 0 Å². The highest BCUT2D eigenvalue weighted by atomic mass is 32.1. The van der Waals surface area contributed by atoms with E-state index < -0.39 is 53.9 Å². The number of nitrogens with one attached hydrogen (secondary N) is 3. The molecule has 0 bridgehead atoms. The highest BCUT2D eigenvalue weighted by molar-refractivity contribution is 7.15. The van der Waals surface area contributed by atoms with Crippen LogP contribution in [0.3, 0.4) is 0 Å². The Balaban J connectivity index is 0.000000156. The van der Waals surface area contributed by atoms with Crippen molar-refractivity contribution < 1.29 is 95.5 Å². The zero-order valence-electron chi connectivity index (χ0n) is 77.9. The number of halogens is 4. The molecule has 3 amide bonds. The second-order valence-corrected chi connectivity index (χ2v) is 44.4. The summed E-state index contributed by atoms with van der Waals surface area (Å²) in [4.78, 5) is 91.7. The number of hydrogen-bond donors (Lipinski definition) is 8. The van der Waals surface area contributed by atoms with Crippen LogP contribution in [0.4, 0.5) is 28.4 Å². The first kappa shape index (κ1) is 104. The summed E-state index contributed by atoms with van der Waals surface area (Å²) < 4.78 is 78.9. The fourth-order valence-corrected chi connectivity index (χ4v) is 23.0. The Morgan fingerprint density at radius 3 is 1.28 bits per heavy atom. The van der Waals surface area contributed by atoms with Crippen molar-refractivity contribution >= 4 is 68.6 Å². The van der Waals surface area contributed by atoms with Crippen molar-refractivity contribution in [1.82, 2.24) is 45.0 Å². The molecule has 2 unspecified atom stereocenters. The van der Waals surface area contributed by atoms with E-state index in [4.69, 9.17) is 23.7 Å². The Labute approximate surface area is 767 Å². The number of nitrogens with zero attached hydrogens (tertiary/aromatic N) is 9. The van der Waals surface area contributed by atoms with E-state index in [0.717, 1.165) is 166 Å². The second-order valence-electron chi connectivity index (χ2n) is 42.3. The van der Waals surface area contributed by atoms with Gasteiger partial charge in [0.05, 0.1) is 78.4 Å². The molecule has 12 atom stereocenters. The van der Waals surface area contributed by atoms with Crippen LogP contribution >= 0.6 is 22.7 Å². The van der Waals surface area contributed by atoms with Crippen LogP contribution in [0.2, 0.25) is 0 Å². The number of amides is 3. The predicted octanol–water partition coefficient (Wildman–Crippen LogP) is 11.1. The van der Waals surface area contributed by atoms with Gasteiger partial charge in [0.1, 0.15) is 32.6 Å². The average molecular weight is 1850 g/mol. The van der Waals surface area contributed by atoms with Crippen molar-refractivity contribution in [1.29, 1.82) is 5.26 Å². The van der Waals surface area contributed by atoms with E-state index >= 15 is 0 Å². The van der Waals surface area contributed by atoms with E-state index in [1.54, 1.807) is 6.08 Å². The molecule has 10 saturated heterocycles. The summed E-state index contributed by atoms with van der Waals surface area (Å²) in [6.07, 6.45) is 12.4. The molecule has 11 fully saturated rings. The first-order valence-corrected chi connectivity index (χ1v) is 48.9. The van der Waals surface area contributed by atoms with Crippen molar-refractivity contribution in [3.8, 4) is 6.07 Å². The highest BCUT2D eigenvalue weighted by Crippen LogP contribution is 2.45. The number of likely N-dealkylation sites (tertiary alicyclic amines) is 5. The average Bonchev–Trinajstić information content (AvgIpc) is 1.35. The number of hydrogen-bond acceptors (Lipinski definition) is 27. The van der Waals surface area contributed by atoms with E-state index in [1.807, 2.05) is 39.5 Å². The zero-order valence-corrected chi connectivity index (χ0v) is 79.5. The number of thiazole rings is 1. The van der Waals surface area contributed by atoms with Gasteiger partial charge in [-0.15, -0.1) is 21.5 Å². The van der Waals surface area contributed by atoms with E-state index in [2.05, 4.69) is 98.3 Å². The molecule has 2 aromatic heterocycles. The lowest BCUT2D eigenvalue weighted by Gasteiger charge is -2.39. The number of Topliss-reactive ketones (excluding diaryl/α,β-unsaturated/α-hetero) is 2. The van der Waals surface area contributed by atoms with Crippen molar-refractivity contribution in [2.24, 2.45) is 52.3 Å². The molecule has 10 aliphatic heterocycles. The zero-order chi connectivity index (χ0) is 93.3. The number of ketones is 3. The number of carbonyl (C=O) groups excluding carboxylic acids is 6. The number of carbonyl (C=O) groups is 6. The van der Waals surface area contributed by atoms with Gasteiger partial charge >= 0.3 is 6.18 Å². The molecule has 34 heteroatoms. The van der Waals surface area contributed by atoms with Gasteiger partial charge in [-0.1, -0.05) is 87.5 Å². The maximum absolute atomic E-state index is 13.4. The maximum atomic E-state index is 13.4. The molecule has 0 spiro atoms. The molecule has 129 heavy (non-hydrogen) atoms. The molecule has 12 aliphatic rings. The smallest absolute Gasteiger partial charge is 0.392 e. The van der Waals surface area contributed by atoms with E-state index in [1.165, 1.54) is 35.5 Å². The molecule has 1 aromatic carbocycles. The minimum absolute atomic E-state index is 0.0572. The summed E-state index contributed by atoms with van der Waals surface area (Å²) in [5, 5.41) is 78.4. The number of anilines is 2. The molecule has 12 heterocycles. The van der Waals surface area contributed by atoms with Crippen molar-refractivity contribution in [2.75, 3.05) is 142 Å². The number of aliphatic hydroxyl groups is 5. The van der Waals surface area contributed by atoms with Crippen LogP contribution in [-0.4, -0.2) is 293 Å². The Morgan fingerprint density at radius 1 is 0.512 bits per heavy atom. The van der Waals surface area contributed by atoms with Gasteiger partial charge in [0.15, 0.2) is 11.6 Å². The molecular weight excluding hydrogens is 1710 g/mol. The molecule has 28 nitrogen and oxygen atoms in total. The molecule has 722 valence electrons. The number of β-amino-alcohol motifs (C(OH)–C–C–N with tert-alkyl or cyclic N) is 5. The first-order chi connectivity index (χ1) is 61.0. The van der Waals surface area contributed by atoms with Gasteiger partial charge < -0.3 is 59.9 Å². The molecular formula is C95H146F4N12O16S2. The topological polar surface area (TPSA) is 364 Å². The Kier molecular flexibility index (Phi) is 37.8. The van der Waals surface area contributed by atoms with Crippen LogP contribution in [0.1, 0.15) is 237 Å². The van der Waals surface area contributed by atoms with Crippen LogP contribution < -0.4 is 16.0 Å². The summed E-state index contributed by atoms with van der Waals surface area (Å²) >= 11 is 2.73. The summed E-state index contributed by atoms with van der Waals surface area (Å²) in [7, 11) is 0. The lowest BCUT2D eigenvalue weighted by molar-refractivity contribution is -0.140. The van der Waals surface area contributed by atoms with Gasteiger partial charge in [-0.3, -0.25) is 58.6 Å². The van der Waals surface area contributed by atoms with E-state index in [0.29, 0.717) is 183 Å². The SMILES string of the molecule is CC(C)(C)c1nc(CC(=O)[C@@H]2C[C@@H](O)CN2CC2CCOCC2)sc1C#N.CC(C)(C)c1nnc(NC(=O)[C@@H]2C[C@@H](O)CN2CC2CCOCC2)s1.CC1(C)CC(=O)C=C(NC(=O)[C@@H]2C[C@@H](O)CN2CC2CCOCC2)C1.CC1CC(CC(=O)[C@@H]2C[C@@H](O)CN2CC2CCOCC2)CC(C)(C)C1.O=C(Nc1ccc(F)c(C(F)(F)F)c1)[C@@H]1C[C@@H](O)CN1CC1CCOCC1. The van der Waals surface area contributed by atoms with Crippen LogP contribution in [0, 0.1) is 69.4 Å². The quantitative estimate of drug-likeness (QED) is 0.0433. The maximum Gasteiger partial charge on any atom is 0.419 e. The summed E-state index contributed by atoms with van der Waals surface area (Å²) in [5.41, 5.74) is -0.139. The lowest BCUT2D eigenvalue weighted by Crippen LogP contribution is -2.46. The van der Waals surface area contributed by atoms with Crippen LogP contribution in [0.5, 0.6) is 0 Å². The van der Waals surface area contributed by atoms with Crippen LogP contribution in [-0.2, 0) is 75.9 Å². The number of allylic oxidation sites excluding steroid dienone is 2.